The lowest BCUT2D eigenvalue weighted by molar-refractivity contribution is -0.109. The molecule has 0 aromatic heterocycles. The van der Waals surface area contributed by atoms with Gasteiger partial charge in [-0.3, -0.25) is 0 Å². The van der Waals surface area contributed by atoms with Crippen LogP contribution in [0.15, 0.2) is 0 Å². The first-order chi connectivity index (χ1) is 6.04. The number of aliphatic hydroxyl groups is 2. The van der Waals surface area contributed by atoms with Gasteiger partial charge in [-0.2, -0.15) is 0 Å². The average molecular weight is 205 g/mol. The molecule has 3 heteroatoms. The lowest BCUT2D eigenvalue weighted by atomic mass is 9.79. The molecule has 2 aliphatic carbocycles. The summed E-state index contributed by atoms with van der Waals surface area (Å²) in [6, 6.07) is 0. The zero-order valence-corrected chi connectivity index (χ0v) is 8.67. The molecular formula is C10H17ClO2. The van der Waals surface area contributed by atoms with Gasteiger partial charge in [-0.25, -0.2) is 0 Å². The van der Waals surface area contributed by atoms with E-state index in [-0.39, 0.29) is 11.3 Å². The largest absolute Gasteiger partial charge is 0.389 e. The van der Waals surface area contributed by atoms with E-state index in [1.807, 2.05) is 0 Å². The van der Waals surface area contributed by atoms with Crippen molar-refractivity contribution >= 4 is 11.6 Å². The highest BCUT2D eigenvalue weighted by molar-refractivity contribution is 6.20. The van der Waals surface area contributed by atoms with Crippen LogP contribution in [0.25, 0.3) is 0 Å². The van der Waals surface area contributed by atoms with Crippen molar-refractivity contribution in [1.29, 1.82) is 0 Å². The molecule has 2 rings (SSSR count). The molecule has 0 spiro atoms. The fourth-order valence-electron chi connectivity index (χ4n) is 3.10. The van der Waals surface area contributed by atoms with Gasteiger partial charge in [0.25, 0.3) is 0 Å². The normalized spacial score (nSPS) is 48.0. The standard InChI is InChI=1S/C10H17ClO2/c1-6(11)9(12)10(13)5-7-2-3-8(10)4-7/h6-9,12-13H,2-5H2,1H3/t6-,7?,8?,9-,10?/m1/s1. The predicted octanol–water partition coefficient (Wildman–Crippen LogP) is 1.53. The summed E-state index contributed by atoms with van der Waals surface area (Å²) in [5.74, 6) is 0.911. The third-order valence-corrected chi connectivity index (χ3v) is 4.05. The van der Waals surface area contributed by atoms with Gasteiger partial charge >= 0.3 is 0 Å². The van der Waals surface area contributed by atoms with Crippen LogP contribution < -0.4 is 0 Å². The predicted molar refractivity (Wildman–Crippen MR) is 51.7 cm³/mol. The molecule has 2 bridgehead atoms. The molecule has 0 heterocycles. The molecule has 2 fully saturated rings. The van der Waals surface area contributed by atoms with Crippen molar-refractivity contribution in [2.45, 2.75) is 49.7 Å². The SMILES string of the molecule is C[C@@H](Cl)[C@@H](O)C1(O)CC2CCC1C2. The number of alkyl halides is 1. The van der Waals surface area contributed by atoms with Gasteiger partial charge in [0, 0.05) is 0 Å². The van der Waals surface area contributed by atoms with Crippen LogP contribution in [-0.4, -0.2) is 27.3 Å². The molecule has 0 aliphatic heterocycles. The second-order valence-corrected chi connectivity index (χ2v) is 5.38. The fourth-order valence-corrected chi connectivity index (χ4v) is 3.32. The highest BCUT2D eigenvalue weighted by atomic mass is 35.5. The molecule has 13 heavy (non-hydrogen) atoms. The minimum atomic E-state index is -0.885. The summed E-state index contributed by atoms with van der Waals surface area (Å²) < 4.78 is 0. The number of hydrogen-bond donors (Lipinski definition) is 2. The monoisotopic (exact) mass is 204 g/mol. The number of fused-ring (bicyclic) bond motifs is 2. The molecule has 0 saturated heterocycles. The van der Waals surface area contributed by atoms with Gasteiger partial charge in [0.05, 0.1) is 17.1 Å². The van der Waals surface area contributed by atoms with Crippen LogP contribution in [0.3, 0.4) is 0 Å². The average Bonchev–Trinajstić information content (AvgIpc) is 2.62. The number of aliphatic hydroxyl groups excluding tert-OH is 1. The Balaban J connectivity index is 2.13. The fraction of sp³-hybridized carbons (Fsp3) is 1.00. The van der Waals surface area contributed by atoms with Crippen molar-refractivity contribution < 1.29 is 10.2 Å². The molecule has 76 valence electrons. The molecule has 2 N–H and O–H groups in total. The molecule has 2 saturated carbocycles. The number of halogens is 1. The Kier molecular flexibility index (Phi) is 2.33. The maximum absolute atomic E-state index is 10.3. The highest BCUT2D eigenvalue weighted by Gasteiger charge is 2.54. The van der Waals surface area contributed by atoms with Gasteiger partial charge in [-0.15, -0.1) is 11.6 Å². The second-order valence-electron chi connectivity index (χ2n) is 4.69. The smallest absolute Gasteiger partial charge is 0.0990 e. The van der Waals surface area contributed by atoms with Gasteiger partial charge in [0.1, 0.15) is 0 Å². The van der Waals surface area contributed by atoms with Gasteiger partial charge in [0.15, 0.2) is 0 Å². The minimum absolute atomic E-state index is 0.286. The summed E-state index contributed by atoms with van der Waals surface area (Å²) in [7, 11) is 0. The summed E-state index contributed by atoms with van der Waals surface area (Å²) in [5.41, 5.74) is -0.885. The molecule has 0 aromatic rings. The van der Waals surface area contributed by atoms with Gasteiger partial charge < -0.3 is 10.2 Å². The van der Waals surface area contributed by atoms with Crippen molar-refractivity contribution in [2.24, 2.45) is 11.8 Å². The Morgan fingerprint density at radius 1 is 1.46 bits per heavy atom. The number of rotatable bonds is 2. The van der Waals surface area contributed by atoms with E-state index in [2.05, 4.69) is 0 Å². The maximum Gasteiger partial charge on any atom is 0.0990 e. The first kappa shape index (κ1) is 9.75. The van der Waals surface area contributed by atoms with E-state index in [0.29, 0.717) is 5.92 Å². The van der Waals surface area contributed by atoms with Crippen molar-refractivity contribution in [3.63, 3.8) is 0 Å². The van der Waals surface area contributed by atoms with Crippen LogP contribution in [0.1, 0.15) is 32.6 Å². The Bertz CT molecular complexity index is 207. The van der Waals surface area contributed by atoms with Gasteiger partial charge in [0.2, 0.25) is 0 Å². The number of hydrogen-bond acceptors (Lipinski definition) is 2. The van der Waals surface area contributed by atoms with Crippen molar-refractivity contribution in [2.75, 3.05) is 0 Å². The van der Waals surface area contributed by atoms with Crippen molar-refractivity contribution in [3.8, 4) is 0 Å². The van der Waals surface area contributed by atoms with E-state index in [1.54, 1.807) is 6.92 Å². The van der Waals surface area contributed by atoms with Crippen LogP contribution >= 0.6 is 11.6 Å². The minimum Gasteiger partial charge on any atom is -0.389 e. The topological polar surface area (TPSA) is 40.5 Å². The quantitative estimate of drug-likeness (QED) is 0.670. The van der Waals surface area contributed by atoms with Crippen molar-refractivity contribution in [3.05, 3.63) is 0 Å². The van der Waals surface area contributed by atoms with Gasteiger partial charge in [-0.05, 0) is 44.4 Å². The Morgan fingerprint density at radius 2 is 2.15 bits per heavy atom. The maximum atomic E-state index is 10.3. The lowest BCUT2D eigenvalue weighted by Gasteiger charge is -2.37. The molecule has 0 aromatic carbocycles. The first-order valence-electron chi connectivity index (χ1n) is 5.08. The molecule has 0 radical (unpaired) electrons. The van der Waals surface area contributed by atoms with E-state index in [4.69, 9.17) is 11.6 Å². The summed E-state index contributed by atoms with van der Waals surface area (Å²) in [4.78, 5) is 0. The molecule has 0 amide bonds. The van der Waals surface area contributed by atoms with E-state index in [1.165, 1.54) is 6.42 Å². The van der Waals surface area contributed by atoms with Crippen LogP contribution in [0.2, 0.25) is 0 Å². The van der Waals surface area contributed by atoms with Gasteiger partial charge in [-0.1, -0.05) is 0 Å². The molecular weight excluding hydrogens is 188 g/mol. The Hall–Kier alpha value is 0.210. The zero-order chi connectivity index (χ0) is 9.64. The third kappa shape index (κ3) is 1.39. The van der Waals surface area contributed by atoms with Crippen LogP contribution in [-0.2, 0) is 0 Å². The summed E-state index contributed by atoms with van der Waals surface area (Å²) >= 11 is 5.83. The van der Waals surface area contributed by atoms with E-state index in [9.17, 15) is 10.2 Å². The highest BCUT2D eigenvalue weighted by Crippen LogP contribution is 2.52. The summed E-state index contributed by atoms with van der Waals surface area (Å²) in [5, 5.41) is 19.8. The first-order valence-corrected chi connectivity index (χ1v) is 5.52. The zero-order valence-electron chi connectivity index (χ0n) is 7.91. The van der Waals surface area contributed by atoms with E-state index in [0.717, 1.165) is 19.3 Å². The molecule has 5 atom stereocenters. The molecule has 2 nitrogen and oxygen atoms in total. The Morgan fingerprint density at radius 3 is 2.54 bits per heavy atom. The van der Waals surface area contributed by atoms with Crippen LogP contribution in [0, 0.1) is 11.8 Å². The molecule has 3 unspecified atom stereocenters. The summed E-state index contributed by atoms with van der Waals surface area (Å²) in [6.07, 6.45) is 3.34. The molecule has 2 aliphatic rings. The Labute approximate surface area is 83.9 Å². The van der Waals surface area contributed by atoms with Crippen molar-refractivity contribution in [1.82, 2.24) is 0 Å². The second kappa shape index (κ2) is 3.11. The lowest BCUT2D eigenvalue weighted by Crippen LogP contribution is -2.50. The van der Waals surface area contributed by atoms with Crippen LogP contribution in [0.4, 0.5) is 0 Å². The third-order valence-electron chi connectivity index (χ3n) is 3.81. The van der Waals surface area contributed by atoms with Crippen LogP contribution in [0.5, 0.6) is 0 Å². The van der Waals surface area contributed by atoms with E-state index < -0.39 is 11.7 Å². The summed E-state index contributed by atoms with van der Waals surface area (Å²) in [6.45, 7) is 1.75. The van der Waals surface area contributed by atoms with E-state index >= 15 is 0 Å².